The van der Waals surface area contributed by atoms with Crippen LogP contribution in [0.4, 0.5) is 5.69 Å². The molecule has 1 unspecified atom stereocenters. The fourth-order valence-electron chi connectivity index (χ4n) is 2.75. The molecule has 3 rings (SSSR count). The maximum Gasteiger partial charge on any atom is 0.258 e. The van der Waals surface area contributed by atoms with Crippen molar-refractivity contribution in [3.05, 3.63) is 64.7 Å². The van der Waals surface area contributed by atoms with Crippen LogP contribution in [0.25, 0.3) is 0 Å². The third-order valence-corrected chi connectivity index (χ3v) is 4.11. The van der Waals surface area contributed by atoms with Crippen LogP contribution in [0, 0.1) is 6.92 Å². The highest BCUT2D eigenvalue weighted by atomic mass is 16.3. The van der Waals surface area contributed by atoms with Crippen molar-refractivity contribution in [3.63, 3.8) is 0 Å². The summed E-state index contributed by atoms with van der Waals surface area (Å²) in [7, 11) is 0. The van der Waals surface area contributed by atoms with Gasteiger partial charge in [-0.1, -0.05) is 36.8 Å². The molecule has 2 aromatic carbocycles. The summed E-state index contributed by atoms with van der Waals surface area (Å²) in [4.78, 5) is 14.3. The fourth-order valence-corrected chi connectivity index (χ4v) is 2.75. The molecule has 0 bridgehead atoms. The zero-order chi connectivity index (χ0) is 15.0. The predicted octanol–water partition coefficient (Wildman–Crippen LogP) is 3.25. The standard InChI is InChI=1S/C18H19NO2/c1-12-3-8-17-15(9-12)10-19(18(17)21)16-6-4-14(5-7-16)13(2)11-20/h3-9,13,20H,10-11H2,1-2H3. The van der Waals surface area contributed by atoms with E-state index in [1.165, 1.54) is 5.56 Å². The molecule has 0 aliphatic carbocycles. The normalized spacial score (nSPS) is 15.2. The molecule has 1 aliphatic heterocycles. The van der Waals surface area contributed by atoms with E-state index in [9.17, 15) is 9.90 Å². The van der Waals surface area contributed by atoms with Crippen LogP contribution in [0.15, 0.2) is 42.5 Å². The molecule has 1 aliphatic rings. The number of amides is 1. The first-order chi connectivity index (χ1) is 10.1. The monoisotopic (exact) mass is 281 g/mol. The lowest BCUT2D eigenvalue weighted by atomic mass is 10.0. The number of fused-ring (bicyclic) bond motifs is 1. The second kappa shape index (κ2) is 5.34. The van der Waals surface area contributed by atoms with Crippen LogP contribution < -0.4 is 4.90 Å². The Morgan fingerprint density at radius 3 is 2.57 bits per heavy atom. The summed E-state index contributed by atoms with van der Waals surface area (Å²) in [6.45, 7) is 4.78. The molecular formula is C18H19NO2. The van der Waals surface area contributed by atoms with Gasteiger partial charge in [0.05, 0.1) is 6.54 Å². The molecule has 0 radical (unpaired) electrons. The lowest BCUT2D eigenvalue weighted by Gasteiger charge is -2.17. The number of carbonyl (C=O) groups is 1. The largest absolute Gasteiger partial charge is 0.396 e. The Morgan fingerprint density at radius 2 is 1.90 bits per heavy atom. The van der Waals surface area contributed by atoms with Crippen LogP contribution in [-0.4, -0.2) is 17.6 Å². The molecule has 2 aromatic rings. The van der Waals surface area contributed by atoms with E-state index in [0.29, 0.717) is 6.54 Å². The average molecular weight is 281 g/mol. The summed E-state index contributed by atoms with van der Waals surface area (Å²) in [5, 5.41) is 9.19. The molecule has 0 aromatic heterocycles. The van der Waals surface area contributed by atoms with Crippen molar-refractivity contribution in [2.24, 2.45) is 0 Å². The number of aliphatic hydroxyl groups excluding tert-OH is 1. The Morgan fingerprint density at radius 1 is 1.19 bits per heavy atom. The predicted molar refractivity (Wildman–Crippen MR) is 83.6 cm³/mol. The number of rotatable bonds is 3. The summed E-state index contributed by atoms with van der Waals surface area (Å²) in [6.07, 6.45) is 0. The first-order valence-corrected chi connectivity index (χ1v) is 7.22. The summed E-state index contributed by atoms with van der Waals surface area (Å²) in [5.41, 5.74) is 5.06. The van der Waals surface area contributed by atoms with E-state index in [-0.39, 0.29) is 18.4 Å². The van der Waals surface area contributed by atoms with Gasteiger partial charge in [0.15, 0.2) is 0 Å². The Bertz CT molecular complexity index is 676. The number of aryl methyl sites for hydroxylation is 1. The molecule has 0 saturated heterocycles. The van der Waals surface area contributed by atoms with E-state index in [1.807, 2.05) is 50.2 Å². The van der Waals surface area contributed by atoms with Crippen molar-refractivity contribution in [1.82, 2.24) is 0 Å². The van der Waals surface area contributed by atoms with E-state index in [4.69, 9.17) is 0 Å². The maximum absolute atomic E-state index is 12.5. The van der Waals surface area contributed by atoms with Gasteiger partial charge in [-0.05, 0) is 36.2 Å². The zero-order valence-corrected chi connectivity index (χ0v) is 12.3. The number of hydrogen-bond donors (Lipinski definition) is 1. The molecule has 1 atom stereocenters. The molecule has 1 amide bonds. The van der Waals surface area contributed by atoms with E-state index >= 15 is 0 Å². The van der Waals surface area contributed by atoms with Crippen molar-refractivity contribution in [2.45, 2.75) is 26.3 Å². The van der Waals surface area contributed by atoms with E-state index < -0.39 is 0 Å². The van der Waals surface area contributed by atoms with Crippen LogP contribution in [0.5, 0.6) is 0 Å². The second-order valence-corrected chi connectivity index (χ2v) is 5.73. The smallest absolute Gasteiger partial charge is 0.258 e. The fraction of sp³-hybridized carbons (Fsp3) is 0.278. The lowest BCUT2D eigenvalue weighted by molar-refractivity contribution is 0.0996. The number of hydrogen-bond acceptors (Lipinski definition) is 2. The van der Waals surface area contributed by atoms with Gasteiger partial charge in [-0.25, -0.2) is 0 Å². The molecule has 108 valence electrons. The summed E-state index contributed by atoms with van der Waals surface area (Å²) < 4.78 is 0. The number of anilines is 1. The summed E-state index contributed by atoms with van der Waals surface area (Å²) in [6, 6.07) is 13.8. The number of benzene rings is 2. The van der Waals surface area contributed by atoms with Crippen LogP contribution in [0.2, 0.25) is 0 Å². The molecule has 0 saturated carbocycles. The molecule has 1 N–H and O–H groups in total. The van der Waals surface area contributed by atoms with Crippen LogP contribution in [0.3, 0.4) is 0 Å². The Hall–Kier alpha value is -2.13. The van der Waals surface area contributed by atoms with Gasteiger partial charge >= 0.3 is 0 Å². The lowest BCUT2D eigenvalue weighted by Crippen LogP contribution is -2.22. The number of aliphatic hydroxyl groups is 1. The van der Waals surface area contributed by atoms with Crippen LogP contribution in [-0.2, 0) is 6.54 Å². The van der Waals surface area contributed by atoms with Gasteiger partial charge in [-0.15, -0.1) is 0 Å². The number of nitrogens with zero attached hydrogens (tertiary/aromatic N) is 1. The Labute approximate surface area is 124 Å². The molecule has 0 spiro atoms. The first kappa shape index (κ1) is 13.8. The maximum atomic E-state index is 12.5. The van der Waals surface area contributed by atoms with Gasteiger partial charge in [-0.3, -0.25) is 4.79 Å². The minimum atomic E-state index is 0.0629. The van der Waals surface area contributed by atoms with Gasteiger partial charge in [0.2, 0.25) is 0 Å². The Kier molecular flexibility index (Phi) is 3.52. The van der Waals surface area contributed by atoms with Crippen molar-refractivity contribution in [3.8, 4) is 0 Å². The van der Waals surface area contributed by atoms with E-state index in [0.717, 1.165) is 22.4 Å². The average Bonchev–Trinajstić information content (AvgIpc) is 2.83. The van der Waals surface area contributed by atoms with Gasteiger partial charge in [-0.2, -0.15) is 0 Å². The van der Waals surface area contributed by atoms with Crippen molar-refractivity contribution in [2.75, 3.05) is 11.5 Å². The minimum absolute atomic E-state index is 0.0629. The highest BCUT2D eigenvalue weighted by molar-refractivity contribution is 6.10. The summed E-state index contributed by atoms with van der Waals surface area (Å²) >= 11 is 0. The van der Waals surface area contributed by atoms with Crippen molar-refractivity contribution < 1.29 is 9.90 Å². The number of carbonyl (C=O) groups excluding carboxylic acids is 1. The zero-order valence-electron chi connectivity index (χ0n) is 12.3. The third-order valence-electron chi connectivity index (χ3n) is 4.11. The van der Waals surface area contributed by atoms with Gasteiger partial charge in [0, 0.05) is 23.8 Å². The van der Waals surface area contributed by atoms with Crippen LogP contribution >= 0.6 is 0 Å². The molecule has 0 fully saturated rings. The highest BCUT2D eigenvalue weighted by Crippen LogP contribution is 2.29. The molecule has 3 nitrogen and oxygen atoms in total. The highest BCUT2D eigenvalue weighted by Gasteiger charge is 2.28. The van der Waals surface area contributed by atoms with Crippen molar-refractivity contribution in [1.29, 1.82) is 0 Å². The van der Waals surface area contributed by atoms with Gasteiger partial charge in [0.1, 0.15) is 0 Å². The van der Waals surface area contributed by atoms with E-state index in [2.05, 4.69) is 6.07 Å². The third kappa shape index (κ3) is 2.45. The quantitative estimate of drug-likeness (QED) is 0.938. The van der Waals surface area contributed by atoms with Gasteiger partial charge in [0.25, 0.3) is 5.91 Å². The minimum Gasteiger partial charge on any atom is -0.396 e. The Balaban J connectivity index is 1.88. The summed E-state index contributed by atoms with van der Waals surface area (Å²) in [5.74, 6) is 0.182. The van der Waals surface area contributed by atoms with Crippen LogP contribution in [0.1, 0.15) is 39.9 Å². The SMILES string of the molecule is Cc1ccc2c(c1)CN(c1ccc(C(C)CO)cc1)C2=O. The molecule has 21 heavy (non-hydrogen) atoms. The van der Waals surface area contributed by atoms with E-state index in [1.54, 1.807) is 4.90 Å². The molecule has 3 heteroatoms. The first-order valence-electron chi connectivity index (χ1n) is 7.22. The van der Waals surface area contributed by atoms with Crippen molar-refractivity contribution >= 4 is 11.6 Å². The second-order valence-electron chi connectivity index (χ2n) is 5.73. The van der Waals surface area contributed by atoms with Gasteiger partial charge < -0.3 is 10.0 Å². The molecular weight excluding hydrogens is 262 g/mol. The molecule has 1 heterocycles. The topological polar surface area (TPSA) is 40.5 Å².